The molecule has 0 aliphatic rings. The van der Waals surface area contributed by atoms with E-state index in [2.05, 4.69) is 33.5 Å². The Morgan fingerprint density at radius 1 is 1.24 bits per heavy atom. The third-order valence-electron chi connectivity index (χ3n) is 2.65. The molecule has 0 fully saturated rings. The lowest BCUT2D eigenvalue weighted by molar-refractivity contribution is 0.0731. The van der Waals surface area contributed by atoms with Gasteiger partial charge in [-0.25, -0.2) is 0 Å². The van der Waals surface area contributed by atoms with E-state index in [1.165, 1.54) is 25.7 Å². The van der Waals surface area contributed by atoms with Crippen molar-refractivity contribution >= 4 is 8.32 Å². The first-order chi connectivity index (χ1) is 7.92. The molecule has 0 aliphatic carbocycles. The van der Waals surface area contributed by atoms with Gasteiger partial charge in [0.25, 0.3) is 5.95 Å². The molecule has 17 heavy (non-hydrogen) atoms. The Hall–Kier alpha value is -0.443. The van der Waals surface area contributed by atoms with Crippen LogP contribution in [0, 0.1) is 5.92 Å². The molecule has 3 heteroatoms. The summed E-state index contributed by atoms with van der Waals surface area (Å²) in [6, 6.07) is 0. The summed E-state index contributed by atoms with van der Waals surface area (Å²) in [4.78, 5) is 0. The zero-order valence-corrected chi connectivity index (χ0v) is 13.5. The van der Waals surface area contributed by atoms with Gasteiger partial charge >= 0.3 is 0 Å². The molecule has 102 valence electrons. The Morgan fingerprint density at radius 2 is 1.88 bits per heavy atom. The average Bonchev–Trinajstić information content (AvgIpc) is 2.26. The van der Waals surface area contributed by atoms with Crippen molar-refractivity contribution in [2.75, 3.05) is 6.61 Å². The van der Waals surface area contributed by atoms with E-state index in [1.807, 2.05) is 13.0 Å². The van der Waals surface area contributed by atoms with E-state index in [-0.39, 0.29) is 0 Å². The van der Waals surface area contributed by atoms with Gasteiger partial charge in [-0.15, -0.1) is 0 Å². The fraction of sp³-hybridized carbons (Fsp3) is 0.857. The summed E-state index contributed by atoms with van der Waals surface area (Å²) in [5, 5.41) is 0. The molecule has 2 nitrogen and oxygen atoms in total. The lowest BCUT2D eigenvalue weighted by atomic mass is 10.0. The summed E-state index contributed by atoms with van der Waals surface area (Å²) >= 11 is 0. The van der Waals surface area contributed by atoms with Gasteiger partial charge in [0, 0.05) is 0 Å². The van der Waals surface area contributed by atoms with Gasteiger partial charge in [0.2, 0.25) is 8.32 Å². The number of unbranched alkanes of at least 4 members (excludes halogenated alkanes) is 1. The summed E-state index contributed by atoms with van der Waals surface area (Å²) in [7, 11) is -1.54. The van der Waals surface area contributed by atoms with Crippen molar-refractivity contribution in [2.45, 2.75) is 66.1 Å². The van der Waals surface area contributed by atoms with Crippen molar-refractivity contribution in [2.24, 2.45) is 5.92 Å². The predicted octanol–water partition coefficient (Wildman–Crippen LogP) is 4.93. The van der Waals surface area contributed by atoms with Gasteiger partial charge in [0.1, 0.15) is 0 Å². The molecule has 0 aromatic heterocycles. The van der Waals surface area contributed by atoms with Crippen LogP contribution in [0.5, 0.6) is 0 Å². The van der Waals surface area contributed by atoms with E-state index in [1.54, 1.807) is 0 Å². The molecular weight excluding hydrogens is 228 g/mol. The van der Waals surface area contributed by atoms with Crippen molar-refractivity contribution in [1.29, 1.82) is 0 Å². The molecule has 0 aliphatic heterocycles. The number of allylic oxidation sites excluding steroid dienone is 1. The topological polar surface area (TPSA) is 18.5 Å². The number of hydrogen-bond acceptors (Lipinski definition) is 2. The lowest BCUT2D eigenvalue weighted by Gasteiger charge is -2.23. The van der Waals surface area contributed by atoms with Gasteiger partial charge in [-0.05, 0) is 45.0 Å². The van der Waals surface area contributed by atoms with E-state index in [4.69, 9.17) is 9.16 Å². The normalized spacial score (nSPS) is 14.6. The van der Waals surface area contributed by atoms with Gasteiger partial charge in [0.05, 0.1) is 6.61 Å². The Morgan fingerprint density at radius 3 is 2.29 bits per heavy atom. The van der Waals surface area contributed by atoms with E-state index < -0.39 is 8.32 Å². The SMILES string of the molecule is C/C=C(\OCC(CC)CCCC)O[Si](C)(C)C. The monoisotopic (exact) mass is 258 g/mol. The van der Waals surface area contributed by atoms with Crippen LogP contribution in [0.1, 0.15) is 46.5 Å². The molecule has 0 radical (unpaired) electrons. The minimum Gasteiger partial charge on any atom is -0.520 e. The summed E-state index contributed by atoms with van der Waals surface area (Å²) in [5.41, 5.74) is 0. The lowest BCUT2D eigenvalue weighted by Crippen LogP contribution is -2.26. The van der Waals surface area contributed by atoms with Crippen LogP contribution in [0.4, 0.5) is 0 Å². The minimum absolute atomic E-state index is 0.662. The molecule has 0 saturated heterocycles. The predicted molar refractivity (Wildman–Crippen MR) is 77.4 cm³/mol. The van der Waals surface area contributed by atoms with Crippen molar-refractivity contribution in [1.82, 2.24) is 0 Å². The van der Waals surface area contributed by atoms with Gasteiger partial charge in [-0.1, -0.05) is 33.1 Å². The summed E-state index contributed by atoms with van der Waals surface area (Å²) in [6.45, 7) is 13.8. The van der Waals surface area contributed by atoms with E-state index in [0.29, 0.717) is 5.92 Å². The zero-order valence-electron chi connectivity index (χ0n) is 12.5. The van der Waals surface area contributed by atoms with Gasteiger partial charge in [-0.3, -0.25) is 0 Å². The van der Waals surface area contributed by atoms with Gasteiger partial charge in [-0.2, -0.15) is 0 Å². The third kappa shape index (κ3) is 9.28. The first kappa shape index (κ1) is 16.6. The Balaban J connectivity index is 4.04. The fourth-order valence-electron chi connectivity index (χ4n) is 1.57. The molecule has 0 N–H and O–H groups in total. The molecule has 0 amide bonds. The quantitative estimate of drug-likeness (QED) is 0.431. The maximum Gasteiger partial charge on any atom is 0.260 e. The highest BCUT2D eigenvalue weighted by molar-refractivity contribution is 6.69. The summed E-state index contributed by atoms with van der Waals surface area (Å²) in [6.07, 6.45) is 6.94. The van der Waals surface area contributed by atoms with E-state index >= 15 is 0 Å². The van der Waals surface area contributed by atoms with Crippen LogP contribution in [0.2, 0.25) is 19.6 Å². The number of ether oxygens (including phenoxy) is 1. The second-order valence-corrected chi connectivity index (χ2v) is 9.98. The fourth-order valence-corrected chi connectivity index (χ4v) is 2.35. The standard InChI is InChI=1S/C14H30O2Si/c1-7-10-11-13(8-2)12-15-14(9-3)16-17(4,5)6/h9,13H,7-8,10-12H2,1-6H3/b14-9+. The average molecular weight is 258 g/mol. The maximum atomic E-state index is 5.86. The highest BCUT2D eigenvalue weighted by atomic mass is 28.4. The van der Waals surface area contributed by atoms with Crippen molar-refractivity contribution < 1.29 is 9.16 Å². The Bertz CT molecular complexity index is 219. The van der Waals surface area contributed by atoms with E-state index in [0.717, 1.165) is 12.6 Å². The first-order valence-electron chi connectivity index (χ1n) is 6.91. The van der Waals surface area contributed by atoms with Crippen LogP contribution < -0.4 is 0 Å². The van der Waals surface area contributed by atoms with Crippen LogP contribution >= 0.6 is 0 Å². The molecule has 0 bridgehead atoms. The molecule has 0 saturated carbocycles. The second-order valence-electron chi connectivity index (χ2n) is 5.55. The molecule has 0 spiro atoms. The largest absolute Gasteiger partial charge is 0.520 e. The molecule has 1 unspecified atom stereocenters. The van der Waals surface area contributed by atoms with Gasteiger partial charge < -0.3 is 9.16 Å². The van der Waals surface area contributed by atoms with Crippen LogP contribution in [-0.4, -0.2) is 14.9 Å². The Labute approximate surface area is 109 Å². The maximum absolute atomic E-state index is 5.86. The zero-order chi connectivity index (χ0) is 13.3. The second kappa shape index (κ2) is 8.62. The molecule has 0 aromatic carbocycles. The highest BCUT2D eigenvalue weighted by Crippen LogP contribution is 2.17. The highest BCUT2D eigenvalue weighted by Gasteiger charge is 2.18. The van der Waals surface area contributed by atoms with Crippen LogP contribution in [-0.2, 0) is 9.16 Å². The van der Waals surface area contributed by atoms with Crippen LogP contribution in [0.3, 0.4) is 0 Å². The van der Waals surface area contributed by atoms with E-state index in [9.17, 15) is 0 Å². The summed E-state index contributed by atoms with van der Waals surface area (Å²) in [5.74, 6) is 1.38. The Kier molecular flexibility index (Phi) is 8.39. The number of rotatable bonds is 9. The number of hydrogen-bond donors (Lipinski definition) is 0. The van der Waals surface area contributed by atoms with Crippen LogP contribution in [0.15, 0.2) is 12.0 Å². The molecular formula is C14H30O2Si. The summed E-state index contributed by atoms with van der Waals surface area (Å²) < 4.78 is 11.7. The van der Waals surface area contributed by atoms with Crippen molar-refractivity contribution in [3.63, 3.8) is 0 Å². The third-order valence-corrected chi connectivity index (χ3v) is 3.46. The van der Waals surface area contributed by atoms with Crippen molar-refractivity contribution in [3.05, 3.63) is 12.0 Å². The van der Waals surface area contributed by atoms with Crippen LogP contribution in [0.25, 0.3) is 0 Å². The molecule has 0 heterocycles. The molecule has 0 rings (SSSR count). The molecule has 1 atom stereocenters. The van der Waals surface area contributed by atoms with Gasteiger partial charge in [0.15, 0.2) is 0 Å². The molecule has 0 aromatic rings. The van der Waals surface area contributed by atoms with Crippen molar-refractivity contribution in [3.8, 4) is 0 Å². The minimum atomic E-state index is -1.54. The smallest absolute Gasteiger partial charge is 0.260 e. The first-order valence-corrected chi connectivity index (χ1v) is 10.3.